The molecule has 2 heterocycles. The van der Waals surface area contributed by atoms with Gasteiger partial charge in [0.05, 0.1) is 13.2 Å². The quantitative estimate of drug-likeness (QED) is 0.699. The molecule has 4 nitrogen and oxygen atoms in total. The molecule has 26 heavy (non-hydrogen) atoms. The number of carbonyl (C=O) groups is 1. The van der Waals surface area contributed by atoms with Crippen LogP contribution in [0.15, 0.2) is 24.3 Å². The first kappa shape index (κ1) is 19.3. The normalized spacial score (nSPS) is 19.7. The van der Waals surface area contributed by atoms with Crippen LogP contribution < -0.4 is 0 Å². The Kier molecular flexibility index (Phi) is 7.44. The number of hydrogen-bond acceptors (Lipinski definition) is 3. The molecule has 2 fully saturated rings. The van der Waals surface area contributed by atoms with E-state index in [1.54, 1.807) is 0 Å². The highest BCUT2D eigenvalue weighted by molar-refractivity contribution is 5.76. The fourth-order valence-corrected chi connectivity index (χ4v) is 3.93. The van der Waals surface area contributed by atoms with Gasteiger partial charge in [-0.1, -0.05) is 12.1 Å². The van der Waals surface area contributed by atoms with E-state index in [1.807, 2.05) is 17.0 Å². The molecule has 0 spiro atoms. The van der Waals surface area contributed by atoms with Gasteiger partial charge in [0.2, 0.25) is 5.91 Å². The zero-order chi connectivity index (χ0) is 18.2. The summed E-state index contributed by atoms with van der Waals surface area (Å²) in [4.78, 5) is 17.0. The van der Waals surface area contributed by atoms with E-state index in [-0.39, 0.29) is 5.82 Å². The van der Waals surface area contributed by atoms with Gasteiger partial charge >= 0.3 is 0 Å². The summed E-state index contributed by atoms with van der Waals surface area (Å²) < 4.78 is 18.3. The number of carbonyl (C=O) groups excluding carboxylic acids is 1. The first-order valence-corrected chi connectivity index (χ1v) is 10.0. The standard InChI is InChI=1S/C21H31FN2O2/c22-20-7-5-18(6-8-20)3-1-2-4-21(25)24-11-9-19(10-12-24)17-23-13-15-26-16-14-23/h5-8,19H,1-4,9-17H2. The van der Waals surface area contributed by atoms with Crippen LogP contribution in [-0.4, -0.2) is 61.6 Å². The van der Waals surface area contributed by atoms with E-state index in [2.05, 4.69) is 4.90 Å². The number of piperidine rings is 1. The van der Waals surface area contributed by atoms with Crippen LogP contribution in [0, 0.1) is 11.7 Å². The number of morpholine rings is 1. The SMILES string of the molecule is O=C(CCCCc1ccc(F)cc1)N1CCC(CN2CCOCC2)CC1. The van der Waals surface area contributed by atoms with Crippen molar-refractivity contribution in [3.05, 3.63) is 35.6 Å². The summed E-state index contributed by atoms with van der Waals surface area (Å²) in [6.07, 6.45) is 5.68. The van der Waals surface area contributed by atoms with Gasteiger partial charge in [-0.2, -0.15) is 0 Å². The van der Waals surface area contributed by atoms with Gasteiger partial charge in [0.15, 0.2) is 0 Å². The van der Waals surface area contributed by atoms with Gasteiger partial charge in [0, 0.05) is 39.1 Å². The summed E-state index contributed by atoms with van der Waals surface area (Å²) in [6, 6.07) is 6.66. The molecule has 1 aromatic rings. The maximum atomic E-state index is 12.9. The van der Waals surface area contributed by atoms with E-state index >= 15 is 0 Å². The summed E-state index contributed by atoms with van der Waals surface area (Å²) in [5.41, 5.74) is 1.14. The maximum absolute atomic E-state index is 12.9. The number of likely N-dealkylation sites (tertiary alicyclic amines) is 1. The molecular weight excluding hydrogens is 331 g/mol. The Hall–Kier alpha value is -1.46. The van der Waals surface area contributed by atoms with Crippen molar-refractivity contribution in [3.63, 3.8) is 0 Å². The number of amides is 1. The molecule has 0 aromatic heterocycles. The van der Waals surface area contributed by atoms with Crippen LogP contribution in [0.2, 0.25) is 0 Å². The Balaban J connectivity index is 1.29. The topological polar surface area (TPSA) is 32.8 Å². The van der Waals surface area contributed by atoms with Crippen molar-refractivity contribution in [2.75, 3.05) is 45.9 Å². The van der Waals surface area contributed by atoms with Crippen molar-refractivity contribution in [1.82, 2.24) is 9.80 Å². The number of ether oxygens (including phenoxy) is 1. The molecule has 0 atom stereocenters. The summed E-state index contributed by atoms with van der Waals surface area (Å²) in [7, 11) is 0. The fraction of sp³-hybridized carbons (Fsp3) is 0.667. The van der Waals surface area contributed by atoms with Crippen molar-refractivity contribution < 1.29 is 13.9 Å². The minimum absolute atomic E-state index is 0.194. The first-order chi connectivity index (χ1) is 12.7. The monoisotopic (exact) mass is 362 g/mol. The Labute approximate surface area is 156 Å². The third kappa shape index (κ3) is 6.06. The van der Waals surface area contributed by atoms with Gasteiger partial charge in [-0.3, -0.25) is 9.69 Å². The van der Waals surface area contributed by atoms with Gasteiger partial charge in [0.25, 0.3) is 0 Å². The van der Waals surface area contributed by atoms with Crippen LogP contribution in [0.1, 0.15) is 37.7 Å². The summed E-state index contributed by atoms with van der Waals surface area (Å²) >= 11 is 0. The molecule has 0 unspecified atom stereocenters. The van der Waals surface area contributed by atoms with Crippen molar-refractivity contribution in [2.24, 2.45) is 5.92 Å². The molecular formula is C21H31FN2O2. The van der Waals surface area contributed by atoms with Crippen LogP contribution in [0.4, 0.5) is 4.39 Å². The van der Waals surface area contributed by atoms with Crippen LogP contribution in [0.25, 0.3) is 0 Å². The molecule has 0 saturated carbocycles. The van der Waals surface area contributed by atoms with Crippen LogP contribution in [0.3, 0.4) is 0 Å². The number of halogens is 1. The third-order valence-corrected chi connectivity index (χ3v) is 5.61. The smallest absolute Gasteiger partial charge is 0.222 e. The van der Waals surface area contributed by atoms with Crippen molar-refractivity contribution >= 4 is 5.91 Å². The molecule has 0 N–H and O–H groups in total. The van der Waals surface area contributed by atoms with Gasteiger partial charge in [-0.05, 0) is 55.7 Å². The molecule has 5 heteroatoms. The van der Waals surface area contributed by atoms with E-state index in [1.165, 1.54) is 12.1 Å². The zero-order valence-electron chi connectivity index (χ0n) is 15.7. The number of hydrogen-bond donors (Lipinski definition) is 0. The molecule has 1 aromatic carbocycles. The second-order valence-corrected chi connectivity index (χ2v) is 7.57. The van der Waals surface area contributed by atoms with E-state index in [9.17, 15) is 9.18 Å². The average Bonchev–Trinajstić information content (AvgIpc) is 2.68. The molecule has 0 aliphatic carbocycles. The van der Waals surface area contributed by atoms with Gasteiger partial charge < -0.3 is 9.64 Å². The molecule has 0 radical (unpaired) electrons. The van der Waals surface area contributed by atoms with Crippen molar-refractivity contribution in [3.8, 4) is 0 Å². The van der Waals surface area contributed by atoms with Crippen molar-refractivity contribution in [1.29, 1.82) is 0 Å². The first-order valence-electron chi connectivity index (χ1n) is 10.0. The molecule has 2 aliphatic rings. The molecule has 2 saturated heterocycles. The molecule has 2 aliphatic heterocycles. The molecule has 144 valence electrons. The lowest BCUT2D eigenvalue weighted by molar-refractivity contribution is -0.132. The summed E-state index contributed by atoms with van der Waals surface area (Å²) in [5, 5.41) is 0. The number of benzene rings is 1. The van der Waals surface area contributed by atoms with Gasteiger partial charge in [-0.15, -0.1) is 0 Å². The van der Waals surface area contributed by atoms with Crippen LogP contribution in [-0.2, 0) is 16.0 Å². The molecule has 3 rings (SSSR count). The van der Waals surface area contributed by atoms with Gasteiger partial charge in [0.1, 0.15) is 5.82 Å². The highest BCUT2D eigenvalue weighted by Gasteiger charge is 2.24. The minimum atomic E-state index is -0.194. The molecule has 0 bridgehead atoms. The second-order valence-electron chi connectivity index (χ2n) is 7.57. The number of nitrogens with zero attached hydrogens (tertiary/aromatic N) is 2. The summed E-state index contributed by atoms with van der Waals surface area (Å²) in [5.74, 6) is 0.825. The predicted octanol–water partition coefficient (Wildman–Crippen LogP) is 3.11. The largest absolute Gasteiger partial charge is 0.379 e. The number of aryl methyl sites for hydroxylation is 1. The van der Waals surface area contributed by atoms with E-state index in [0.29, 0.717) is 12.3 Å². The van der Waals surface area contributed by atoms with Crippen LogP contribution >= 0.6 is 0 Å². The number of rotatable bonds is 7. The Bertz CT molecular complexity index is 550. The van der Waals surface area contributed by atoms with E-state index in [0.717, 1.165) is 89.5 Å². The summed E-state index contributed by atoms with van der Waals surface area (Å²) in [6.45, 7) is 6.78. The zero-order valence-corrected chi connectivity index (χ0v) is 15.7. The fourth-order valence-electron chi connectivity index (χ4n) is 3.93. The third-order valence-electron chi connectivity index (χ3n) is 5.61. The minimum Gasteiger partial charge on any atom is -0.379 e. The number of unbranched alkanes of at least 4 members (excludes halogenated alkanes) is 1. The average molecular weight is 362 g/mol. The molecule has 1 amide bonds. The highest BCUT2D eigenvalue weighted by atomic mass is 19.1. The maximum Gasteiger partial charge on any atom is 0.222 e. The van der Waals surface area contributed by atoms with E-state index < -0.39 is 0 Å². The lowest BCUT2D eigenvalue weighted by Crippen LogP contribution is -2.44. The van der Waals surface area contributed by atoms with Crippen LogP contribution in [0.5, 0.6) is 0 Å². The lowest BCUT2D eigenvalue weighted by Gasteiger charge is -2.36. The Morgan fingerprint density at radius 1 is 1.04 bits per heavy atom. The Morgan fingerprint density at radius 3 is 2.42 bits per heavy atom. The second kappa shape index (κ2) is 10.0. The Morgan fingerprint density at radius 2 is 1.73 bits per heavy atom. The highest BCUT2D eigenvalue weighted by Crippen LogP contribution is 2.20. The lowest BCUT2D eigenvalue weighted by atomic mass is 9.95. The predicted molar refractivity (Wildman–Crippen MR) is 101 cm³/mol. The van der Waals surface area contributed by atoms with Gasteiger partial charge in [-0.25, -0.2) is 4.39 Å². The van der Waals surface area contributed by atoms with E-state index in [4.69, 9.17) is 4.74 Å². The van der Waals surface area contributed by atoms with Crippen molar-refractivity contribution in [2.45, 2.75) is 38.5 Å².